The number of rotatable bonds is 4. The fourth-order valence-electron chi connectivity index (χ4n) is 2.67. The molecule has 19 heavy (non-hydrogen) atoms. The SMILES string of the molecule is CCNc1ncccc1C(=O)NC1CCCCC1C. The van der Waals surface area contributed by atoms with Gasteiger partial charge < -0.3 is 10.6 Å². The van der Waals surface area contributed by atoms with Crippen molar-refractivity contribution in [3.8, 4) is 0 Å². The number of carbonyl (C=O) groups excluding carboxylic acids is 1. The van der Waals surface area contributed by atoms with E-state index in [0.717, 1.165) is 13.0 Å². The number of anilines is 1. The van der Waals surface area contributed by atoms with Gasteiger partial charge >= 0.3 is 0 Å². The number of nitrogens with one attached hydrogen (secondary N) is 2. The Bertz CT molecular complexity index is 433. The molecule has 1 amide bonds. The highest BCUT2D eigenvalue weighted by Gasteiger charge is 2.24. The standard InChI is InChI=1S/C15H23N3O/c1-3-16-14-12(8-6-10-17-14)15(19)18-13-9-5-4-7-11(13)2/h6,8,10-11,13H,3-5,7,9H2,1-2H3,(H,16,17)(H,18,19). The summed E-state index contributed by atoms with van der Waals surface area (Å²) in [5, 5.41) is 6.30. The molecule has 4 nitrogen and oxygen atoms in total. The molecule has 1 aromatic rings. The Kier molecular flexibility index (Phi) is 4.77. The van der Waals surface area contributed by atoms with E-state index >= 15 is 0 Å². The Labute approximate surface area is 115 Å². The minimum atomic E-state index is -0.0113. The second-order valence-electron chi connectivity index (χ2n) is 5.27. The predicted molar refractivity (Wildman–Crippen MR) is 77.3 cm³/mol. The number of carbonyl (C=O) groups is 1. The maximum Gasteiger partial charge on any atom is 0.255 e. The molecule has 104 valence electrons. The molecule has 0 aromatic carbocycles. The first-order valence-electron chi connectivity index (χ1n) is 7.22. The first-order chi connectivity index (χ1) is 9.22. The topological polar surface area (TPSA) is 54.0 Å². The van der Waals surface area contributed by atoms with Gasteiger partial charge in [-0.3, -0.25) is 4.79 Å². The molecular formula is C15H23N3O. The van der Waals surface area contributed by atoms with E-state index in [-0.39, 0.29) is 5.91 Å². The van der Waals surface area contributed by atoms with Crippen LogP contribution in [0.15, 0.2) is 18.3 Å². The van der Waals surface area contributed by atoms with Crippen molar-refractivity contribution in [1.29, 1.82) is 0 Å². The van der Waals surface area contributed by atoms with Crippen molar-refractivity contribution in [3.05, 3.63) is 23.9 Å². The second kappa shape index (κ2) is 6.55. The Hall–Kier alpha value is -1.58. The van der Waals surface area contributed by atoms with Gasteiger partial charge in [-0.1, -0.05) is 19.8 Å². The highest BCUT2D eigenvalue weighted by Crippen LogP contribution is 2.24. The molecule has 0 bridgehead atoms. The van der Waals surface area contributed by atoms with Gasteiger partial charge in [0.15, 0.2) is 0 Å². The number of pyridine rings is 1. The highest BCUT2D eigenvalue weighted by molar-refractivity contribution is 5.98. The molecule has 4 heteroatoms. The molecule has 0 spiro atoms. The molecule has 0 saturated heterocycles. The lowest BCUT2D eigenvalue weighted by molar-refractivity contribution is 0.0911. The van der Waals surface area contributed by atoms with Crippen LogP contribution in [0.4, 0.5) is 5.82 Å². The van der Waals surface area contributed by atoms with Gasteiger partial charge in [-0.15, -0.1) is 0 Å². The summed E-state index contributed by atoms with van der Waals surface area (Å²) in [6, 6.07) is 3.93. The first-order valence-corrected chi connectivity index (χ1v) is 7.22. The lowest BCUT2D eigenvalue weighted by Gasteiger charge is -2.29. The Morgan fingerprint density at radius 3 is 2.95 bits per heavy atom. The summed E-state index contributed by atoms with van der Waals surface area (Å²) in [7, 11) is 0. The zero-order valence-corrected chi connectivity index (χ0v) is 11.8. The van der Waals surface area contributed by atoms with Crippen LogP contribution in [0.5, 0.6) is 0 Å². The van der Waals surface area contributed by atoms with Crippen LogP contribution < -0.4 is 10.6 Å². The van der Waals surface area contributed by atoms with E-state index in [4.69, 9.17) is 0 Å². The molecule has 1 fully saturated rings. The molecule has 1 heterocycles. The number of amides is 1. The van der Waals surface area contributed by atoms with Crippen molar-refractivity contribution < 1.29 is 4.79 Å². The van der Waals surface area contributed by atoms with Crippen molar-refractivity contribution in [2.75, 3.05) is 11.9 Å². The Balaban J connectivity index is 2.06. The van der Waals surface area contributed by atoms with Gasteiger partial charge in [0.1, 0.15) is 5.82 Å². The summed E-state index contributed by atoms with van der Waals surface area (Å²) in [4.78, 5) is 16.6. The molecule has 0 radical (unpaired) electrons. The van der Waals surface area contributed by atoms with Gasteiger partial charge in [-0.05, 0) is 37.8 Å². The van der Waals surface area contributed by atoms with Gasteiger partial charge in [0.05, 0.1) is 5.56 Å². The van der Waals surface area contributed by atoms with E-state index < -0.39 is 0 Å². The fraction of sp³-hybridized carbons (Fsp3) is 0.600. The van der Waals surface area contributed by atoms with Gasteiger partial charge in [0.2, 0.25) is 0 Å². The minimum absolute atomic E-state index is 0.0113. The van der Waals surface area contributed by atoms with E-state index in [9.17, 15) is 4.79 Å². The molecule has 2 N–H and O–H groups in total. The zero-order chi connectivity index (χ0) is 13.7. The molecule has 2 unspecified atom stereocenters. The largest absolute Gasteiger partial charge is 0.370 e. The van der Waals surface area contributed by atoms with Crippen LogP contribution in [-0.2, 0) is 0 Å². The van der Waals surface area contributed by atoms with E-state index in [2.05, 4.69) is 22.5 Å². The third kappa shape index (κ3) is 3.46. The quantitative estimate of drug-likeness (QED) is 0.876. The molecule has 2 atom stereocenters. The van der Waals surface area contributed by atoms with E-state index in [1.807, 2.05) is 13.0 Å². The fourth-order valence-corrected chi connectivity index (χ4v) is 2.67. The smallest absolute Gasteiger partial charge is 0.255 e. The molecule has 1 saturated carbocycles. The number of hydrogen-bond acceptors (Lipinski definition) is 3. The summed E-state index contributed by atoms with van der Waals surface area (Å²) in [6.45, 7) is 4.98. The van der Waals surface area contributed by atoms with Crippen LogP contribution >= 0.6 is 0 Å². The third-order valence-electron chi connectivity index (χ3n) is 3.82. The zero-order valence-electron chi connectivity index (χ0n) is 11.8. The molecule has 2 rings (SSSR count). The van der Waals surface area contributed by atoms with E-state index in [1.54, 1.807) is 12.3 Å². The normalized spacial score (nSPS) is 22.8. The van der Waals surface area contributed by atoms with Gasteiger partial charge in [-0.25, -0.2) is 4.98 Å². The van der Waals surface area contributed by atoms with Crippen molar-refractivity contribution in [2.24, 2.45) is 5.92 Å². The van der Waals surface area contributed by atoms with Crippen molar-refractivity contribution in [2.45, 2.75) is 45.6 Å². The average molecular weight is 261 g/mol. The predicted octanol–water partition coefficient (Wildman–Crippen LogP) is 2.82. The maximum atomic E-state index is 12.4. The molecule has 1 aliphatic carbocycles. The number of nitrogens with zero attached hydrogens (tertiary/aromatic N) is 1. The van der Waals surface area contributed by atoms with Crippen LogP contribution in [0.25, 0.3) is 0 Å². The second-order valence-corrected chi connectivity index (χ2v) is 5.27. The van der Waals surface area contributed by atoms with Crippen molar-refractivity contribution in [3.63, 3.8) is 0 Å². The van der Waals surface area contributed by atoms with Gasteiger partial charge in [-0.2, -0.15) is 0 Å². The van der Waals surface area contributed by atoms with Crippen molar-refractivity contribution in [1.82, 2.24) is 10.3 Å². The minimum Gasteiger partial charge on any atom is -0.370 e. The third-order valence-corrected chi connectivity index (χ3v) is 3.82. The molecule has 0 aliphatic heterocycles. The Morgan fingerprint density at radius 1 is 1.42 bits per heavy atom. The van der Waals surface area contributed by atoms with Crippen LogP contribution in [0, 0.1) is 5.92 Å². The summed E-state index contributed by atoms with van der Waals surface area (Å²) in [6.07, 6.45) is 6.49. The van der Waals surface area contributed by atoms with Gasteiger partial charge in [0, 0.05) is 18.8 Å². The summed E-state index contributed by atoms with van der Waals surface area (Å²) < 4.78 is 0. The van der Waals surface area contributed by atoms with Crippen LogP contribution in [0.3, 0.4) is 0 Å². The summed E-state index contributed by atoms with van der Waals surface area (Å²) in [5.74, 6) is 1.23. The van der Waals surface area contributed by atoms with Crippen LogP contribution in [0.2, 0.25) is 0 Å². The van der Waals surface area contributed by atoms with Gasteiger partial charge in [0.25, 0.3) is 5.91 Å². The first kappa shape index (κ1) is 13.8. The molecule has 1 aliphatic rings. The molecule has 1 aromatic heterocycles. The average Bonchev–Trinajstić information content (AvgIpc) is 2.42. The van der Waals surface area contributed by atoms with Crippen LogP contribution in [-0.4, -0.2) is 23.5 Å². The van der Waals surface area contributed by atoms with Crippen LogP contribution in [0.1, 0.15) is 49.9 Å². The number of aromatic nitrogens is 1. The lowest BCUT2D eigenvalue weighted by Crippen LogP contribution is -2.41. The van der Waals surface area contributed by atoms with Crippen molar-refractivity contribution >= 4 is 11.7 Å². The highest BCUT2D eigenvalue weighted by atomic mass is 16.1. The monoisotopic (exact) mass is 261 g/mol. The summed E-state index contributed by atoms with van der Waals surface area (Å²) >= 11 is 0. The molecular weight excluding hydrogens is 238 g/mol. The van der Waals surface area contributed by atoms with E-state index in [1.165, 1.54) is 19.3 Å². The maximum absolute atomic E-state index is 12.4. The van der Waals surface area contributed by atoms with E-state index in [0.29, 0.717) is 23.3 Å². The lowest BCUT2D eigenvalue weighted by atomic mass is 9.86. The number of hydrogen-bond donors (Lipinski definition) is 2. The Morgan fingerprint density at radius 2 is 2.21 bits per heavy atom. The summed E-state index contributed by atoms with van der Waals surface area (Å²) in [5.41, 5.74) is 0.641.